The fourth-order valence-electron chi connectivity index (χ4n) is 1.81. The Morgan fingerprint density at radius 3 is 2.40 bits per heavy atom. The van der Waals surface area contributed by atoms with Gasteiger partial charge in [0.1, 0.15) is 12.2 Å². The van der Waals surface area contributed by atoms with Crippen molar-refractivity contribution in [3.63, 3.8) is 0 Å². The van der Waals surface area contributed by atoms with E-state index in [0.29, 0.717) is 0 Å². The Kier molecular flexibility index (Phi) is 4.99. The van der Waals surface area contributed by atoms with Gasteiger partial charge >= 0.3 is 6.09 Å². The summed E-state index contributed by atoms with van der Waals surface area (Å²) in [7, 11) is 1.29. The van der Waals surface area contributed by atoms with E-state index >= 15 is 0 Å². The van der Waals surface area contributed by atoms with E-state index in [9.17, 15) is 19.2 Å². The molecule has 1 atom stereocenters. The topological polar surface area (TPSA) is 90.0 Å². The summed E-state index contributed by atoms with van der Waals surface area (Å²) >= 11 is 0. The lowest BCUT2D eigenvalue weighted by Gasteiger charge is -2.31. The number of rotatable bonds is 3. The summed E-state index contributed by atoms with van der Waals surface area (Å²) < 4.78 is 9.72. The summed E-state index contributed by atoms with van der Waals surface area (Å²) in [5.41, 5.74) is -0.759. The second-order valence-corrected chi connectivity index (χ2v) is 5.52. The molecule has 1 heterocycles. The normalized spacial score (nSPS) is 20.0. The van der Waals surface area contributed by atoms with E-state index in [-0.39, 0.29) is 19.6 Å². The molecule has 7 heteroatoms. The quantitative estimate of drug-likeness (QED) is 0.704. The van der Waals surface area contributed by atoms with Crippen molar-refractivity contribution in [1.82, 2.24) is 4.90 Å². The van der Waals surface area contributed by atoms with Crippen molar-refractivity contribution >= 4 is 23.6 Å². The molecule has 112 valence electrons. The Labute approximate surface area is 117 Å². The highest BCUT2D eigenvalue weighted by Gasteiger charge is 2.43. The van der Waals surface area contributed by atoms with Gasteiger partial charge in [-0.1, -0.05) is 0 Å². The number of Topliss-reactive ketones (excluding diaryl/α,β-unsaturated/α-hetero) is 2. The Morgan fingerprint density at radius 2 is 1.90 bits per heavy atom. The van der Waals surface area contributed by atoms with Crippen LogP contribution in [0.1, 0.15) is 27.2 Å². The molecule has 1 aliphatic heterocycles. The van der Waals surface area contributed by atoms with E-state index in [1.807, 2.05) is 0 Å². The van der Waals surface area contributed by atoms with Crippen molar-refractivity contribution in [3.8, 4) is 0 Å². The van der Waals surface area contributed by atoms with E-state index in [0.717, 1.165) is 4.90 Å². The molecule has 0 aromatic heterocycles. The summed E-state index contributed by atoms with van der Waals surface area (Å²) in [6, 6.07) is 0. The van der Waals surface area contributed by atoms with Gasteiger partial charge in [0.2, 0.25) is 5.91 Å². The number of nitrogens with zero attached hydrogens (tertiary/aromatic N) is 1. The van der Waals surface area contributed by atoms with Crippen LogP contribution in [0.15, 0.2) is 0 Å². The number of ketones is 2. The average molecular weight is 285 g/mol. The maximum absolute atomic E-state index is 12.1. The summed E-state index contributed by atoms with van der Waals surface area (Å²) in [5, 5.41) is 0. The second kappa shape index (κ2) is 6.13. The number of hydrogen-bond acceptors (Lipinski definition) is 6. The lowest BCUT2D eigenvalue weighted by Crippen LogP contribution is -2.53. The lowest BCUT2D eigenvalue weighted by atomic mass is 9.92. The Hall–Kier alpha value is -1.76. The molecular formula is C13H19NO6. The van der Waals surface area contributed by atoms with Crippen LogP contribution in [-0.4, -0.2) is 54.3 Å². The lowest BCUT2D eigenvalue weighted by molar-refractivity contribution is -0.150. The summed E-state index contributed by atoms with van der Waals surface area (Å²) in [6.45, 7) is 4.59. The first-order chi connectivity index (χ1) is 9.17. The Morgan fingerprint density at radius 1 is 1.30 bits per heavy atom. The highest BCUT2D eigenvalue weighted by atomic mass is 16.6. The van der Waals surface area contributed by atoms with Crippen LogP contribution in [0, 0.1) is 5.92 Å². The minimum atomic E-state index is -1.46. The van der Waals surface area contributed by atoms with Crippen LogP contribution in [0.2, 0.25) is 0 Å². The van der Waals surface area contributed by atoms with Gasteiger partial charge in [0, 0.05) is 20.1 Å². The second-order valence-electron chi connectivity index (χ2n) is 5.52. The number of amides is 2. The molecule has 0 N–H and O–H groups in total. The molecule has 1 aliphatic rings. The maximum atomic E-state index is 12.1. The van der Waals surface area contributed by atoms with Gasteiger partial charge in [0.15, 0.2) is 17.5 Å². The molecule has 7 nitrogen and oxygen atoms in total. The van der Waals surface area contributed by atoms with Crippen molar-refractivity contribution < 1.29 is 28.7 Å². The molecule has 2 amide bonds. The molecule has 0 saturated carbocycles. The van der Waals surface area contributed by atoms with Crippen LogP contribution in [0.3, 0.4) is 0 Å². The van der Waals surface area contributed by atoms with E-state index < -0.39 is 35.1 Å². The van der Waals surface area contributed by atoms with E-state index in [4.69, 9.17) is 4.74 Å². The van der Waals surface area contributed by atoms with Crippen LogP contribution in [-0.2, 0) is 23.9 Å². The smallest absolute Gasteiger partial charge is 0.417 e. The van der Waals surface area contributed by atoms with Gasteiger partial charge in [-0.15, -0.1) is 0 Å². The molecule has 0 aromatic carbocycles. The number of likely N-dealkylation sites (tertiary alicyclic amines) is 1. The van der Waals surface area contributed by atoms with Crippen LogP contribution in [0.4, 0.5) is 4.79 Å². The third kappa shape index (κ3) is 3.86. The zero-order valence-electron chi connectivity index (χ0n) is 12.1. The first-order valence-electron chi connectivity index (χ1n) is 6.26. The predicted octanol–water partition coefficient (Wildman–Crippen LogP) is 0.555. The number of imide groups is 1. The number of carbonyl (C=O) groups excluding carboxylic acids is 4. The first kappa shape index (κ1) is 16.3. The predicted molar refractivity (Wildman–Crippen MR) is 67.9 cm³/mol. The minimum Gasteiger partial charge on any atom is -0.443 e. The fourth-order valence-corrected chi connectivity index (χ4v) is 1.81. The van der Waals surface area contributed by atoms with Crippen LogP contribution in [0.25, 0.3) is 0 Å². The molecule has 0 radical (unpaired) electrons. The standard InChI is InChI=1S/C13H19NO6/c1-13(2,3)20-12(18)14-6-5-8(15)10(11(14)17)9(16)7-19-4/h10H,5-7H2,1-4H3. The highest BCUT2D eigenvalue weighted by Crippen LogP contribution is 2.19. The maximum Gasteiger partial charge on any atom is 0.417 e. The van der Waals surface area contributed by atoms with Gasteiger partial charge in [-0.3, -0.25) is 14.4 Å². The average Bonchev–Trinajstić information content (AvgIpc) is 2.26. The molecular weight excluding hydrogens is 266 g/mol. The van der Waals surface area contributed by atoms with Gasteiger partial charge < -0.3 is 9.47 Å². The van der Waals surface area contributed by atoms with Gasteiger partial charge in [-0.25, -0.2) is 9.69 Å². The number of ether oxygens (including phenoxy) is 2. The highest BCUT2D eigenvalue weighted by molar-refractivity contribution is 6.22. The molecule has 1 fully saturated rings. The summed E-state index contributed by atoms with van der Waals surface area (Å²) in [5.74, 6) is -3.43. The van der Waals surface area contributed by atoms with Crippen molar-refractivity contribution in [2.75, 3.05) is 20.3 Å². The molecule has 1 saturated heterocycles. The van der Waals surface area contributed by atoms with Gasteiger partial charge in [-0.05, 0) is 20.8 Å². The number of methoxy groups -OCH3 is 1. The third-order valence-electron chi connectivity index (χ3n) is 2.64. The zero-order chi connectivity index (χ0) is 15.5. The Balaban J connectivity index is 2.86. The minimum absolute atomic E-state index is 0.0505. The molecule has 20 heavy (non-hydrogen) atoms. The van der Waals surface area contributed by atoms with Gasteiger partial charge in [0.05, 0.1) is 0 Å². The van der Waals surface area contributed by atoms with Crippen molar-refractivity contribution in [1.29, 1.82) is 0 Å². The number of carbonyl (C=O) groups is 4. The van der Waals surface area contributed by atoms with E-state index in [1.54, 1.807) is 20.8 Å². The summed E-state index contributed by atoms with van der Waals surface area (Å²) in [6.07, 6.45) is -0.893. The van der Waals surface area contributed by atoms with Gasteiger partial charge in [0.25, 0.3) is 0 Å². The third-order valence-corrected chi connectivity index (χ3v) is 2.64. The van der Waals surface area contributed by atoms with Crippen molar-refractivity contribution in [2.24, 2.45) is 5.92 Å². The number of piperidine rings is 1. The zero-order valence-corrected chi connectivity index (χ0v) is 12.1. The first-order valence-corrected chi connectivity index (χ1v) is 6.26. The molecule has 0 aliphatic carbocycles. The molecule has 1 unspecified atom stereocenters. The monoisotopic (exact) mass is 285 g/mol. The van der Waals surface area contributed by atoms with E-state index in [1.165, 1.54) is 7.11 Å². The van der Waals surface area contributed by atoms with Crippen molar-refractivity contribution in [3.05, 3.63) is 0 Å². The van der Waals surface area contributed by atoms with Crippen LogP contribution >= 0.6 is 0 Å². The van der Waals surface area contributed by atoms with Crippen LogP contribution in [0.5, 0.6) is 0 Å². The van der Waals surface area contributed by atoms with Crippen LogP contribution < -0.4 is 0 Å². The Bertz CT molecular complexity index is 437. The fraction of sp³-hybridized carbons (Fsp3) is 0.692. The molecule has 0 spiro atoms. The SMILES string of the molecule is COCC(=O)C1C(=O)CCN(C(=O)OC(C)(C)C)C1=O. The van der Waals surface area contributed by atoms with E-state index in [2.05, 4.69) is 4.74 Å². The largest absolute Gasteiger partial charge is 0.443 e. The number of hydrogen-bond donors (Lipinski definition) is 0. The molecule has 0 bridgehead atoms. The molecule has 0 aromatic rings. The molecule has 1 rings (SSSR count). The van der Waals surface area contributed by atoms with Crippen molar-refractivity contribution in [2.45, 2.75) is 32.8 Å². The summed E-state index contributed by atoms with van der Waals surface area (Å²) in [4.78, 5) is 48.2. The van der Waals surface area contributed by atoms with Gasteiger partial charge in [-0.2, -0.15) is 0 Å².